The second-order valence-corrected chi connectivity index (χ2v) is 16.0. The van der Waals surface area contributed by atoms with Crippen LogP contribution in [0.1, 0.15) is 72.0 Å². The first kappa shape index (κ1) is 40.2. The molecule has 13 heteroatoms. The van der Waals surface area contributed by atoms with E-state index < -0.39 is 29.0 Å². The number of H-pyrrole nitrogens is 1. The van der Waals surface area contributed by atoms with Crippen molar-refractivity contribution >= 4 is 35.3 Å². The lowest BCUT2D eigenvalue weighted by atomic mass is 9.78. The fourth-order valence-corrected chi connectivity index (χ4v) is 7.75. The Hall–Kier alpha value is -8.84. The van der Waals surface area contributed by atoms with Crippen LogP contribution >= 0.6 is 0 Å². The Kier molecular flexibility index (Phi) is 9.99. The molecule has 4 amide bonds. The topological polar surface area (TPSA) is 153 Å². The highest BCUT2D eigenvalue weighted by Crippen LogP contribution is 2.38. The molecular weight excluding hydrogens is 823 g/mol. The zero-order valence-electron chi connectivity index (χ0n) is 35.1. The molecule has 8 aromatic rings. The summed E-state index contributed by atoms with van der Waals surface area (Å²) in [7, 11) is 0. The smallest absolute Gasteiger partial charge is 0.268 e. The van der Waals surface area contributed by atoms with Crippen LogP contribution in [-0.2, 0) is 5.41 Å². The minimum absolute atomic E-state index is 0.0157. The Balaban J connectivity index is 0.766. The number of ether oxygens (including phenoxy) is 4. The lowest BCUT2D eigenvalue weighted by molar-refractivity contribution is 0.0909. The fraction of sp³-hybridized carbons (Fsp3) is 0.0769. The van der Waals surface area contributed by atoms with E-state index in [1.54, 1.807) is 66.7 Å². The van der Waals surface area contributed by atoms with Crippen LogP contribution in [0.4, 0.5) is 11.6 Å². The molecule has 0 bridgehead atoms. The van der Waals surface area contributed by atoms with Crippen molar-refractivity contribution < 1.29 is 38.1 Å². The highest BCUT2D eigenvalue weighted by Gasteiger charge is 2.39. The van der Waals surface area contributed by atoms with Gasteiger partial charge in [-0.1, -0.05) is 61.9 Å². The van der Waals surface area contributed by atoms with Crippen molar-refractivity contribution in [2.24, 2.45) is 0 Å². The predicted octanol–water partition coefficient (Wildman–Crippen LogP) is 11.2. The number of nitrogens with zero attached hydrogens (tertiary/aromatic N) is 4. The van der Waals surface area contributed by atoms with Gasteiger partial charge in [-0.2, -0.15) is 4.98 Å². The van der Waals surface area contributed by atoms with Crippen molar-refractivity contribution in [2.75, 3.05) is 9.80 Å². The number of aromatic nitrogens is 3. The molecule has 2 aliphatic heterocycles. The molecule has 0 atom stereocenters. The van der Waals surface area contributed by atoms with Gasteiger partial charge in [0.15, 0.2) is 0 Å². The third-order valence-electron chi connectivity index (χ3n) is 11.3. The summed E-state index contributed by atoms with van der Waals surface area (Å²) in [6, 6.07) is 46.8. The van der Waals surface area contributed by atoms with Gasteiger partial charge in [0.1, 0.15) is 52.3 Å². The molecule has 0 unspecified atom stereocenters. The van der Waals surface area contributed by atoms with Crippen LogP contribution in [0.3, 0.4) is 0 Å². The van der Waals surface area contributed by atoms with Crippen molar-refractivity contribution in [2.45, 2.75) is 26.2 Å². The summed E-state index contributed by atoms with van der Waals surface area (Å²) >= 11 is 0. The normalized spacial score (nSPS) is 13.2. The van der Waals surface area contributed by atoms with Gasteiger partial charge in [-0.05, 0) is 127 Å². The molecule has 318 valence electrons. The molecule has 65 heavy (non-hydrogen) atoms. The van der Waals surface area contributed by atoms with E-state index >= 15 is 0 Å². The van der Waals surface area contributed by atoms with Crippen molar-refractivity contribution in [3.8, 4) is 46.0 Å². The van der Waals surface area contributed by atoms with Gasteiger partial charge in [0.2, 0.25) is 0 Å². The molecule has 10 rings (SSSR count). The van der Waals surface area contributed by atoms with Crippen LogP contribution in [0.25, 0.3) is 0 Å². The van der Waals surface area contributed by atoms with Gasteiger partial charge in [-0.25, -0.2) is 9.80 Å². The number of anilines is 2. The molecule has 1 aromatic heterocycles. The fourth-order valence-electron chi connectivity index (χ4n) is 7.75. The molecule has 3 heterocycles. The molecule has 13 nitrogen and oxygen atoms in total. The lowest BCUT2D eigenvalue weighted by Gasteiger charge is -2.26. The lowest BCUT2D eigenvalue weighted by Crippen LogP contribution is -2.30. The van der Waals surface area contributed by atoms with E-state index in [1.807, 2.05) is 97.9 Å². The molecule has 2 aliphatic rings. The Morgan fingerprint density at radius 3 is 1.32 bits per heavy atom. The van der Waals surface area contributed by atoms with Crippen LogP contribution in [0.15, 0.2) is 164 Å². The van der Waals surface area contributed by atoms with Gasteiger partial charge in [-0.15, -0.1) is 5.10 Å². The zero-order valence-corrected chi connectivity index (χ0v) is 35.1. The van der Waals surface area contributed by atoms with E-state index in [0.717, 1.165) is 32.2 Å². The molecular formula is C52H37N5O8. The molecule has 0 fully saturated rings. The monoisotopic (exact) mass is 859 g/mol. The van der Waals surface area contributed by atoms with Gasteiger partial charge >= 0.3 is 0 Å². The summed E-state index contributed by atoms with van der Waals surface area (Å²) in [5, 5.41) is 6.39. The van der Waals surface area contributed by atoms with E-state index in [-0.39, 0.29) is 28.2 Å². The summed E-state index contributed by atoms with van der Waals surface area (Å²) in [5.74, 6) is 2.45. The van der Waals surface area contributed by atoms with Crippen LogP contribution in [0.2, 0.25) is 0 Å². The number of amides is 4. The zero-order chi connectivity index (χ0) is 44.8. The number of hydrogen-bond donors (Lipinski definition) is 1. The number of carbonyl (C=O) groups is 4. The van der Waals surface area contributed by atoms with E-state index in [4.69, 9.17) is 18.9 Å². The van der Waals surface area contributed by atoms with E-state index in [2.05, 4.69) is 29.0 Å². The Labute approximate surface area is 372 Å². The molecule has 0 aliphatic carbocycles. The van der Waals surface area contributed by atoms with Gasteiger partial charge < -0.3 is 18.9 Å². The van der Waals surface area contributed by atoms with Gasteiger partial charge in [-0.3, -0.25) is 24.3 Å². The second kappa shape index (κ2) is 16.1. The van der Waals surface area contributed by atoms with Gasteiger partial charge in [0.25, 0.3) is 29.6 Å². The van der Waals surface area contributed by atoms with E-state index in [0.29, 0.717) is 45.9 Å². The van der Waals surface area contributed by atoms with Crippen LogP contribution in [0.5, 0.6) is 46.0 Å². The maximum atomic E-state index is 13.7. The Morgan fingerprint density at radius 1 is 0.446 bits per heavy atom. The maximum absolute atomic E-state index is 13.7. The standard InChI is InChI=1S/C52H37N5O8/c1-31-7-15-35(16-8-31)62-39-5-4-6-40(27-39)63-38-21-13-34(14-22-38)56-47(58)43-25-23-41(28-45(43)49(56)60)64-36-17-9-32(10-18-36)52(2,3)33-11-19-37(20-12-33)65-42-24-26-44-46(29-42)50(61)57(48(44)59)51-53-30-54-55-51/h4-30H,1-3H3,(H,53,54,55). The van der Waals surface area contributed by atoms with E-state index in [1.165, 1.54) is 6.33 Å². The number of aromatic amines is 1. The quantitative estimate of drug-likeness (QED) is 0.117. The minimum Gasteiger partial charge on any atom is -0.457 e. The number of benzene rings is 7. The second-order valence-electron chi connectivity index (χ2n) is 16.0. The largest absolute Gasteiger partial charge is 0.457 e. The van der Waals surface area contributed by atoms with Crippen molar-refractivity contribution in [3.05, 3.63) is 203 Å². The number of aryl methyl sites for hydroxylation is 1. The van der Waals surface area contributed by atoms with Gasteiger partial charge in [0.05, 0.1) is 27.9 Å². The number of rotatable bonds is 12. The predicted molar refractivity (Wildman–Crippen MR) is 241 cm³/mol. The van der Waals surface area contributed by atoms with Crippen molar-refractivity contribution in [1.29, 1.82) is 0 Å². The summed E-state index contributed by atoms with van der Waals surface area (Å²) < 4.78 is 24.3. The molecule has 7 aromatic carbocycles. The van der Waals surface area contributed by atoms with Crippen LogP contribution < -0.4 is 28.7 Å². The molecule has 0 saturated carbocycles. The first-order chi connectivity index (χ1) is 31.5. The molecule has 0 saturated heterocycles. The minimum atomic E-state index is -0.524. The average molecular weight is 860 g/mol. The molecule has 0 radical (unpaired) electrons. The third kappa shape index (κ3) is 7.71. The molecule has 1 N–H and O–H groups in total. The SMILES string of the molecule is Cc1ccc(Oc2cccc(Oc3ccc(N4C(=O)c5ccc(Oc6ccc(C(C)(C)c7ccc(Oc8ccc9c(c8)C(=O)N(c8nc[nH]n8)C9=O)cc7)cc6)cc5C4=O)cc3)c2)cc1. The van der Waals surface area contributed by atoms with Crippen LogP contribution in [0, 0.1) is 6.92 Å². The summed E-state index contributed by atoms with van der Waals surface area (Å²) in [5.41, 5.74) is 4.20. The Morgan fingerprint density at radius 2 is 0.846 bits per heavy atom. The number of imide groups is 2. The highest BCUT2D eigenvalue weighted by molar-refractivity contribution is 6.35. The number of nitrogens with one attached hydrogen (secondary N) is 1. The number of carbonyl (C=O) groups excluding carboxylic acids is 4. The van der Waals surface area contributed by atoms with Crippen LogP contribution in [-0.4, -0.2) is 38.8 Å². The summed E-state index contributed by atoms with van der Waals surface area (Å²) in [4.78, 5) is 59.1. The number of hydrogen-bond acceptors (Lipinski definition) is 10. The van der Waals surface area contributed by atoms with Crippen molar-refractivity contribution in [3.63, 3.8) is 0 Å². The average Bonchev–Trinajstić information content (AvgIpc) is 4.00. The maximum Gasteiger partial charge on any atom is 0.268 e. The summed E-state index contributed by atoms with van der Waals surface area (Å²) in [6.07, 6.45) is 1.30. The third-order valence-corrected chi connectivity index (χ3v) is 11.3. The molecule has 0 spiro atoms. The highest BCUT2D eigenvalue weighted by atomic mass is 16.5. The van der Waals surface area contributed by atoms with Gasteiger partial charge in [0, 0.05) is 11.5 Å². The van der Waals surface area contributed by atoms with Crippen molar-refractivity contribution in [1.82, 2.24) is 15.2 Å². The Bertz CT molecular complexity index is 3150. The van der Waals surface area contributed by atoms with E-state index in [9.17, 15) is 19.2 Å². The number of fused-ring (bicyclic) bond motifs is 2. The first-order valence-corrected chi connectivity index (χ1v) is 20.6. The first-order valence-electron chi connectivity index (χ1n) is 20.6. The summed E-state index contributed by atoms with van der Waals surface area (Å²) in [6.45, 7) is 6.24.